The minimum absolute atomic E-state index is 0.242. The van der Waals surface area contributed by atoms with Crippen molar-refractivity contribution in [3.05, 3.63) is 64.7 Å². The van der Waals surface area contributed by atoms with E-state index in [9.17, 15) is 5.11 Å². The highest BCUT2D eigenvalue weighted by Gasteiger charge is 2.09. The molecule has 0 saturated heterocycles. The minimum Gasteiger partial charge on any atom is -0.508 e. The Balaban J connectivity index is 2.14. The number of hydrogen-bond donors (Lipinski definition) is 2. The monoisotopic (exact) mass is 261 g/mol. The number of aromatic hydroxyl groups is 1. The van der Waals surface area contributed by atoms with Gasteiger partial charge in [-0.15, -0.1) is 0 Å². The predicted octanol–water partition coefficient (Wildman–Crippen LogP) is 3.55. The van der Waals surface area contributed by atoms with Gasteiger partial charge in [0.15, 0.2) is 0 Å². The summed E-state index contributed by atoms with van der Waals surface area (Å²) in [6, 6.07) is 15.4. The molecular formula is C15H16ClNO. The van der Waals surface area contributed by atoms with Crippen molar-refractivity contribution in [2.45, 2.75) is 12.5 Å². The van der Waals surface area contributed by atoms with Crippen LogP contribution in [0.15, 0.2) is 48.5 Å². The molecule has 0 bridgehead atoms. The van der Waals surface area contributed by atoms with Gasteiger partial charge in [0.2, 0.25) is 0 Å². The van der Waals surface area contributed by atoms with Gasteiger partial charge >= 0.3 is 0 Å². The van der Waals surface area contributed by atoms with Gasteiger partial charge in [-0.05, 0) is 48.9 Å². The summed E-state index contributed by atoms with van der Waals surface area (Å²) in [7, 11) is 1.94. The number of likely N-dealkylation sites (N-methyl/N-ethyl adjacent to an activating group) is 1. The lowest BCUT2D eigenvalue weighted by Crippen LogP contribution is -2.18. The van der Waals surface area contributed by atoms with E-state index in [1.807, 2.05) is 43.4 Å². The highest BCUT2D eigenvalue weighted by Crippen LogP contribution is 2.21. The molecule has 1 unspecified atom stereocenters. The molecule has 0 aliphatic heterocycles. The summed E-state index contributed by atoms with van der Waals surface area (Å²) in [5.41, 5.74) is 2.39. The first-order valence-corrected chi connectivity index (χ1v) is 6.27. The van der Waals surface area contributed by atoms with Crippen LogP contribution in [0.2, 0.25) is 5.02 Å². The van der Waals surface area contributed by atoms with Crippen molar-refractivity contribution >= 4 is 11.6 Å². The van der Waals surface area contributed by atoms with Crippen LogP contribution in [0, 0.1) is 0 Å². The second kappa shape index (κ2) is 5.89. The maximum absolute atomic E-state index is 9.27. The summed E-state index contributed by atoms with van der Waals surface area (Å²) in [6.07, 6.45) is 0.873. The Morgan fingerprint density at radius 3 is 2.22 bits per heavy atom. The van der Waals surface area contributed by atoms with Crippen LogP contribution in [0.4, 0.5) is 0 Å². The van der Waals surface area contributed by atoms with E-state index in [0.717, 1.165) is 11.4 Å². The molecule has 0 aromatic heterocycles. The molecule has 3 heteroatoms. The Hall–Kier alpha value is -1.51. The van der Waals surface area contributed by atoms with Crippen LogP contribution >= 0.6 is 11.6 Å². The minimum atomic E-state index is 0.242. The maximum atomic E-state index is 9.27. The van der Waals surface area contributed by atoms with E-state index >= 15 is 0 Å². The number of nitrogens with one attached hydrogen (secondary N) is 1. The molecule has 2 rings (SSSR count). The van der Waals surface area contributed by atoms with Crippen LogP contribution in [0.1, 0.15) is 17.2 Å². The molecule has 1 atom stereocenters. The van der Waals surface area contributed by atoms with Crippen molar-refractivity contribution in [3.8, 4) is 5.75 Å². The molecule has 2 nitrogen and oxygen atoms in total. The zero-order chi connectivity index (χ0) is 13.0. The van der Waals surface area contributed by atoms with Crippen LogP contribution < -0.4 is 5.32 Å². The Morgan fingerprint density at radius 2 is 1.67 bits per heavy atom. The standard InChI is InChI=1S/C15H16ClNO/c1-17-15(12-4-6-13(16)7-5-12)10-11-2-8-14(18)9-3-11/h2-9,15,17-18H,10H2,1H3. The first-order chi connectivity index (χ1) is 8.69. The van der Waals surface area contributed by atoms with Gasteiger partial charge in [0.1, 0.15) is 5.75 Å². The largest absolute Gasteiger partial charge is 0.508 e. The third-order valence-corrected chi connectivity index (χ3v) is 3.25. The van der Waals surface area contributed by atoms with E-state index in [0.29, 0.717) is 5.75 Å². The molecule has 0 fully saturated rings. The van der Waals surface area contributed by atoms with Gasteiger partial charge < -0.3 is 10.4 Å². The molecule has 2 aromatic rings. The Bertz CT molecular complexity index is 493. The number of rotatable bonds is 4. The molecule has 2 aromatic carbocycles. The van der Waals surface area contributed by atoms with E-state index < -0.39 is 0 Å². The summed E-state index contributed by atoms with van der Waals surface area (Å²) in [5, 5.41) is 13.3. The first kappa shape index (κ1) is 12.9. The van der Waals surface area contributed by atoms with Gasteiger partial charge in [-0.25, -0.2) is 0 Å². The Kier molecular flexibility index (Phi) is 4.24. The first-order valence-electron chi connectivity index (χ1n) is 5.89. The van der Waals surface area contributed by atoms with Crippen molar-refractivity contribution in [1.29, 1.82) is 0 Å². The van der Waals surface area contributed by atoms with Crippen LogP contribution in [0.3, 0.4) is 0 Å². The zero-order valence-corrected chi connectivity index (χ0v) is 11.0. The van der Waals surface area contributed by atoms with E-state index in [1.165, 1.54) is 11.1 Å². The summed E-state index contributed by atoms with van der Waals surface area (Å²) < 4.78 is 0. The summed E-state index contributed by atoms with van der Waals surface area (Å²) in [5.74, 6) is 0.297. The Labute approximate surface area is 112 Å². The van der Waals surface area contributed by atoms with E-state index in [1.54, 1.807) is 12.1 Å². The smallest absolute Gasteiger partial charge is 0.115 e. The number of phenols is 1. The molecule has 0 spiro atoms. The van der Waals surface area contributed by atoms with Crippen LogP contribution in [0.5, 0.6) is 5.75 Å². The summed E-state index contributed by atoms with van der Waals surface area (Å²) in [4.78, 5) is 0. The molecule has 2 N–H and O–H groups in total. The SMILES string of the molecule is CNC(Cc1ccc(O)cc1)c1ccc(Cl)cc1. The number of halogens is 1. The van der Waals surface area contributed by atoms with Gasteiger partial charge in [-0.3, -0.25) is 0 Å². The fraction of sp³-hybridized carbons (Fsp3) is 0.200. The van der Waals surface area contributed by atoms with Gasteiger partial charge in [-0.1, -0.05) is 35.9 Å². The van der Waals surface area contributed by atoms with Gasteiger partial charge in [0.05, 0.1) is 0 Å². The average molecular weight is 262 g/mol. The number of hydrogen-bond acceptors (Lipinski definition) is 2. The molecule has 0 aliphatic carbocycles. The lowest BCUT2D eigenvalue weighted by molar-refractivity contribution is 0.475. The molecular weight excluding hydrogens is 246 g/mol. The lowest BCUT2D eigenvalue weighted by Gasteiger charge is -2.17. The zero-order valence-electron chi connectivity index (χ0n) is 10.2. The van der Waals surface area contributed by atoms with Crippen molar-refractivity contribution in [2.24, 2.45) is 0 Å². The molecule has 0 aliphatic rings. The quantitative estimate of drug-likeness (QED) is 0.882. The van der Waals surface area contributed by atoms with Crippen LogP contribution in [-0.2, 0) is 6.42 Å². The third kappa shape index (κ3) is 3.25. The number of benzene rings is 2. The van der Waals surface area contributed by atoms with E-state index in [4.69, 9.17) is 11.6 Å². The van der Waals surface area contributed by atoms with Crippen molar-refractivity contribution in [3.63, 3.8) is 0 Å². The molecule has 94 valence electrons. The molecule has 0 saturated carbocycles. The molecule has 18 heavy (non-hydrogen) atoms. The second-order valence-corrected chi connectivity index (χ2v) is 4.70. The van der Waals surface area contributed by atoms with Gasteiger partial charge in [0, 0.05) is 11.1 Å². The molecule has 0 amide bonds. The summed E-state index contributed by atoms with van der Waals surface area (Å²) in [6.45, 7) is 0. The van der Waals surface area contributed by atoms with Gasteiger partial charge in [0.25, 0.3) is 0 Å². The fourth-order valence-electron chi connectivity index (χ4n) is 1.95. The maximum Gasteiger partial charge on any atom is 0.115 e. The Morgan fingerprint density at radius 1 is 1.06 bits per heavy atom. The lowest BCUT2D eigenvalue weighted by atomic mass is 9.99. The van der Waals surface area contributed by atoms with Crippen LogP contribution in [-0.4, -0.2) is 12.2 Å². The normalized spacial score (nSPS) is 12.3. The highest BCUT2D eigenvalue weighted by molar-refractivity contribution is 6.30. The molecule has 0 heterocycles. The van der Waals surface area contributed by atoms with Crippen molar-refractivity contribution < 1.29 is 5.11 Å². The highest BCUT2D eigenvalue weighted by atomic mass is 35.5. The molecule has 0 radical (unpaired) electrons. The van der Waals surface area contributed by atoms with E-state index in [-0.39, 0.29) is 6.04 Å². The number of phenolic OH excluding ortho intramolecular Hbond substituents is 1. The van der Waals surface area contributed by atoms with Gasteiger partial charge in [-0.2, -0.15) is 0 Å². The fourth-order valence-corrected chi connectivity index (χ4v) is 2.08. The third-order valence-electron chi connectivity index (χ3n) is 3.00. The topological polar surface area (TPSA) is 32.3 Å². The average Bonchev–Trinajstić information content (AvgIpc) is 2.39. The van der Waals surface area contributed by atoms with Crippen molar-refractivity contribution in [2.75, 3.05) is 7.05 Å². The second-order valence-electron chi connectivity index (χ2n) is 4.26. The van der Waals surface area contributed by atoms with Crippen molar-refractivity contribution in [1.82, 2.24) is 5.32 Å². The predicted molar refractivity (Wildman–Crippen MR) is 75.1 cm³/mol. The summed E-state index contributed by atoms with van der Waals surface area (Å²) >= 11 is 5.89. The van der Waals surface area contributed by atoms with Crippen LogP contribution in [0.25, 0.3) is 0 Å². The van der Waals surface area contributed by atoms with E-state index in [2.05, 4.69) is 5.32 Å².